The zero-order valence-corrected chi connectivity index (χ0v) is 20.3. The van der Waals surface area contributed by atoms with Crippen molar-refractivity contribution < 1.29 is 4.79 Å². The van der Waals surface area contributed by atoms with Gasteiger partial charge in [0.2, 0.25) is 0 Å². The molecule has 0 amide bonds. The normalized spacial score (nSPS) is 19.5. The van der Waals surface area contributed by atoms with Crippen LogP contribution in [-0.2, 0) is 4.79 Å². The molecule has 1 heterocycles. The number of fused-ring (bicyclic) bond motifs is 1. The molecular weight excluding hydrogens is 416 g/mol. The largest absolute Gasteiger partial charge is 0.378 e. The third kappa shape index (κ3) is 4.11. The monoisotopic (exact) mass is 448 g/mol. The van der Waals surface area contributed by atoms with E-state index in [-0.39, 0.29) is 17.2 Å². The Bertz CT molecular complexity index is 1070. The van der Waals surface area contributed by atoms with Gasteiger partial charge < -0.3 is 20.4 Å². The first-order valence-electron chi connectivity index (χ1n) is 11.2. The van der Waals surface area contributed by atoms with E-state index in [0.29, 0.717) is 18.1 Å². The van der Waals surface area contributed by atoms with Crippen molar-refractivity contribution >= 4 is 40.2 Å². The van der Waals surface area contributed by atoms with Gasteiger partial charge in [0.25, 0.3) is 0 Å². The van der Waals surface area contributed by atoms with Gasteiger partial charge in [0, 0.05) is 44.0 Å². The highest BCUT2D eigenvalue weighted by atomic mass is 32.1. The lowest BCUT2D eigenvalue weighted by Gasteiger charge is -2.38. The van der Waals surface area contributed by atoms with Gasteiger partial charge in [-0.1, -0.05) is 38.1 Å². The molecule has 0 fully saturated rings. The molecule has 1 aliphatic heterocycles. The van der Waals surface area contributed by atoms with Crippen LogP contribution >= 0.6 is 12.2 Å². The summed E-state index contributed by atoms with van der Waals surface area (Å²) in [6.07, 6.45) is 1.34. The number of Topliss-reactive ketones (excluding diaryl/α,β-unsaturated/α-hetero) is 1. The minimum absolute atomic E-state index is 0.0888. The van der Waals surface area contributed by atoms with Crippen LogP contribution < -0.4 is 20.4 Å². The number of carbonyl (C=O) groups is 1. The van der Waals surface area contributed by atoms with Gasteiger partial charge in [-0.05, 0) is 60.8 Å². The maximum atomic E-state index is 13.6. The van der Waals surface area contributed by atoms with Crippen molar-refractivity contribution in [3.63, 3.8) is 0 Å². The van der Waals surface area contributed by atoms with Gasteiger partial charge in [0.15, 0.2) is 10.9 Å². The number of nitrogens with one attached hydrogen (secondary N) is 2. The van der Waals surface area contributed by atoms with E-state index in [1.807, 2.05) is 33.2 Å². The van der Waals surface area contributed by atoms with Gasteiger partial charge in [-0.15, -0.1) is 0 Å². The minimum Gasteiger partial charge on any atom is -0.378 e. The lowest BCUT2D eigenvalue weighted by atomic mass is 9.73. The Morgan fingerprint density at radius 2 is 1.84 bits per heavy atom. The molecule has 1 aliphatic carbocycles. The number of hydrogen-bond acceptors (Lipinski definition) is 4. The number of carbonyl (C=O) groups excluding carboxylic acids is 1. The number of anilines is 3. The SMILES string of the molecule is CCNC(=S)N1c2ccccc2NC2=C(C(=O)CC(C)(C)C2)[C@@H]1c1ccc(N(C)C)cc1. The first-order chi connectivity index (χ1) is 15.2. The zero-order valence-electron chi connectivity index (χ0n) is 19.5. The highest BCUT2D eigenvalue weighted by Gasteiger charge is 2.42. The van der Waals surface area contributed by atoms with E-state index in [0.717, 1.165) is 40.3 Å². The van der Waals surface area contributed by atoms with Crippen LogP contribution in [0.1, 0.15) is 45.2 Å². The molecular formula is C26H32N4OS. The Balaban J connectivity index is 1.96. The molecule has 0 spiro atoms. The number of thiocarbonyl (C=S) groups is 1. The predicted molar refractivity (Wildman–Crippen MR) is 137 cm³/mol. The standard InChI is InChI=1S/C26H32N4OS/c1-6-27-25(32)30-21-10-8-7-9-19(21)28-20-15-26(2,3)16-22(31)23(20)24(30)17-11-13-18(14-12-17)29(4)5/h7-14,24,28H,6,15-16H2,1-5H3,(H,27,32)/t24-/m0/s1. The summed E-state index contributed by atoms with van der Waals surface area (Å²) in [4.78, 5) is 17.8. The lowest BCUT2D eigenvalue weighted by molar-refractivity contribution is -0.118. The van der Waals surface area contributed by atoms with Crippen molar-refractivity contribution in [1.82, 2.24) is 5.32 Å². The van der Waals surface area contributed by atoms with Gasteiger partial charge >= 0.3 is 0 Å². The van der Waals surface area contributed by atoms with Crippen LogP contribution in [0.2, 0.25) is 0 Å². The van der Waals surface area contributed by atoms with Gasteiger partial charge in [-0.3, -0.25) is 4.79 Å². The molecule has 0 aromatic heterocycles. The Kier molecular flexibility index (Phi) is 5.99. The van der Waals surface area contributed by atoms with E-state index in [1.54, 1.807) is 0 Å². The van der Waals surface area contributed by atoms with Crippen molar-refractivity contribution in [3.05, 3.63) is 65.4 Å². The summed E-state index contributed by atoms with van der Waals surface area (Å²) in [7, 11) is 4.06. The van der Waals surface area contributed by atoms with Gasteiger partial charge in [0.05, 0.1) is 17.4 Å². The summed E-state index contributed by atoms with van der Waals surface area (Å²) < 4.78 is 0. The van der Waals surface area contributed by atoms with Crippen LogP contribution in [0.4, 0.5) is 17.1 Å². The third-order valence-electron chi connectivity index (χ3n) is 6.17. The maximum absolute atomic E-state index is 13.6. The molecule has 2 aromatic rings. The molecule has 0 unspecified atom stereocenters. The van der Waals surface area contributed by atoms with E-state index < -0.39 is 0 Å². The van der Waals surface area contributed by atoms with E-state index in [2.05, 4.69) is 70.7 Å². The Labute approximate surface area is 196 Å². The predicted octanol–water partition coefficient (Wildman–Crippen LogP) is 5.26. The molecule has 0 bridgehead atoms. The molecule has 4 rings (SSSR count). The lowest BCUT2D eigenvalue weighted by Crippen LogP contribution is -2.44. The molecule has 0 saturated heterocycles. The topological polar surface area (TPSA) is 47.6 Å². The molecule has 168 valence electrons. The summed E-state index contributed by atoms with van der Waals surface area (Å²) >= 11 is 5.88. The Morgan fingerprint density at radius 1 is 1.16 bits per heavy atom. The van der Waals surface area contributed by atoms with Crippen LogP contribution in [0.5, 0.6) is 0 Å². The van der Waals surface area contributed by atoms with E-state index in [1.165, 1.54) is 0 Å². The van der Waals surface area contributed by atoms with E-state index in [4.69, 9.17) is 12.2 Å². The summed E-state index contributed by atoms with van der Waals surface area (Å²) in [6, 6.07) is 16.3. The smallest absolute Gasteiger partial charge is 0.174 e. The zero-order chi connectivity index (χ0) is 23.0. The van der Waals surface area contributed by atoms with Crippen LogP contribution in [0.15, 0.2) is 59.8 Å². The first-order valence-corrected chi connectivity index (χ1v) is 11.6. The summed E-state index contributed by atoms with van der Waals surface area (Å²) in [6.45, 7) is 7.07. The quantitative estimate of drug-likeness (QED) is 0.625. The van der Waals surface area contributed by atoms with Crippen LogP contribution in [0, 0.1) is 5.41 Å². The maximum Gasteiger partial charge on any atom is 0.174 e. The second-order valence-electron chi connectivity index (χ2n) is 9.57. The molecule has 0 saturated carbocycles. The molecule has 2 aromatic carbocycles. The molecule has 2 aliphatic rings. The van der Waals surface area contributed by atoms with Crippen molar-refractivity contribution in [3.8, 4) is 0 Å². The fourth-order valence-electron chi connectivity index (χ4n) is 4.72. The third-order valence-corrected chi connectivity index (χ3v) is 6.51. The number of ketones is 1. The minimum atomic E-state index is -0.299. The number of rotatable bonds is 3. The van der Waals surface area contributed by atoms with Crippen molar-refractivity contribution in [2.45, 2.75) is 39.7 Å². The Hall–Kier alpha value is -2.86. The van der Waals surface area contributed by atoms with Crippen molar-refractivity contribution in [1.29, 1.82) is 0 Å². The number of benzene rings is 2. The van der Waals surface area contributed by atoms with Crippen LogP contribution in [0.3, 0.4) is 0 Å². The van der Waals surface area contributed by atoms with Crippen LogP contribution in [0.25, 0.3) is 0 Å². The highest BCUT2D eigenvalue weighted by Crippen LogP contribution is 2.48. The molecule has 32 heavy (non-hydrogen) atoms. The number of hydrogen-bond donors (Lipinski definition) is 2. The van der Waals surface area contributed by atoms with Gasteiger partial charge in [-0.2, -0.15) is 0 Å². The molecule has 6 heteroatoms. The fourth-order valence-corrected chi connectivity index (χ4v) is 5.07. The van der Waals surface area contributed by atoms with Crippen molar-refractivity contribution in [2.75, 3.05) is 35.8 Å². The summed E-state index contributed by atoms with van der Waals surface area (Å²) in [5.74, 6) is 0.183. The van der Waals surface area contributed by atoms with Gasteiger partial charge in [0.1, 0.15) is 0 Å². The Morgan fingerprint density at radius 3 is 2.50 bits per heavy atom. The van der Waals surface area contributed by atoms with Crippen LogP contribution in [-0.4, -0.2) is 31.5 Å². The average molecular weight is 449 g/mol. The average Bonchev–Trinajstić information content (AvgIpc) is 2.87. The fraction of sp³-hybridized carbons (Fsp3) is 0.385. The van der Waals surface area contributed by atoms with E-state index >= 15 is 0 Å². The summed E-state index contributed by atoms with van der Waals surface area (Å²) in [5.41, 5.74) is 5.84. The second-order valence-corrected chi connectivity index (χ2v) is 9.96. The molecule has 5 nitrogen and oxygen atoms in total. The van der Waals surface area contributed by atoms with Crippen molar-refractivity contribution in [2.24, 2.45) is 5.41 Å². The second kappa shape index (κ2) is 8.58. The highest BCUT2D eigenvalue weighted by molar-refractivity contribution is 7.80. The molecule has 0 radical (unpaired) electrons. The number of allylic oxidation sites excluding steroid dienone is 1. The van der Waals surface area contributed by atoms with E-state index in [9.17, 15) is 4.79 Å². The first kappa shape index (κ1) is 22.3. The summed E-state index contributed by atoms with van der Waals surface area (Å²) in [5, 5.41) is 7.57. The number of para-hydroxylation sites is 2. The number of nitrogens with zero attached hydrogens (tertiary/aromatic N) is 2. The van der Waals surface area contributed by atoms with Gasteiger partial charge in [-0.25, -0.2) is 0 Å². The molecule has 1 atom stereocenters. The molecule has 2 N–H and O–H groups in total.